The molecule has 4 N–H and O–H groups in total. The van der Waals surface area contributed by atoms with Crippen molar-refractivity contribution in [3.05, 3.63) is 76.7 Å². The van der Waals surface area contributed by atoms with Gasteiger partial charge in [-0.15, -0.1) is 0 Å². The van der Waals surface area contributed by atoms with Gasteiger partial charge in [-0.25, -0.2) is 15.2 Å². The fraction of sp³-hybridized carbons (Fsp3) is 0.217. The van der Waals surface area contributed by atoms with Crippen LogP contribution in [0.25, 0.3) is 0 Å². The summed E-state index contributed by atoms with van der Waals surface area (Å²) in [6, 6.07) is 8.83. The van der Waals surface area contributed by atoms with E-state index >= 15 is 0 Å². The smallest absolute Gasteiger partial charge is 0.416 e. The number of halogens is 4. The summed E-state index contributed by atoms with van der Waals surface area (Å²) in [5.74, 6) is 4.24. The molecule has 1 aliphatic carbocycles. The van der Waals surface area contributed by atoms with Gasteiger partial charge in [0.05, 0.1) is 23.0 Å². The first-order chi connectivity index (χ1) is 15.7. The molecule has 1 saturated carbocycles. The maximum Gasteiger partial charge on any atom is 0.416 e. The number of aromatic nitrogens is 1. The van der Waals surface area contributed by atoms with Crippen LogP contribution in [0.3, 0.4) is 0 Å². The van der Waals surface area contributed by atoms with Gasteiger partial charge in [-0.1, -0.05) is 0 Å². The van der Waals surface area contributed by atoms with Crippen LogP contribution in [0.4, 0.5) is 29.1 Å². The number of pyridine rings is 1. The molecule has 172 valence electrons. The molecule has 33 heavy (non-hydrogen) atoms. The van der Waals surface area contributed by atoms with E-state index in [4.69, 9.17) is 10.6 Å². The minimum atomic E-state index is -4.65. The van der Waals surface area contributed by atoms with E-state index in [0.29, 0.717) is 24.2 Å². The topological polar surface area (TPSA) is 89.3 Å². The van der Waals surface area contributed by atoms with Crippen LogP contribution in [0, 0.1) is 12.7 Å². The third-order valence-corrected chi connectivity index (χ3v) is 5.25. The predicted octanol–water partition coefficient (Wildman–Crippen LogP) is 5.76. The highest BCUT2D eigenvalue weighted by Gasteiger charge is 2.40. The van der Waals surface area contributed by atoms with Gasteiger partial charge in [-0.2, -0.15) is 13.2 Å². The van der Waals surface area contributed by atoms with Crippen LogP contribution in [0.5, 0.6) is 11.5 Å². The number of carbonyl (C=O) groups is 1. The third kappa shape index (κ3) is 5.06. The summed E-state index contributed by atoms with van der Waals surface area (Å²) in [7, 11) is 0. The van der Waals surface area contributed by atoms with Crippen molar-refractivity contribution in [1.29, 1.82) is 0 Å². The van der Waals surface area contributed by atoms with Crippen molar-refractivity contribution in [3.63, 3.8) is 0 Å². The monoisotopic (exact) mass is 460 g/mol. The maximum absolute atomic E-state index is 13.8. The van der Waals surface area contributed by atoms with Crippen LogP contribution in [-0.4, -0.2) is 10.9 Å². The summed E-state index contributed by atoms with van der Waals surface area (Å²) in [5, 5.41) is 2.53. The zero-order valence-corrected chi connectivity index (χ0v) is 17.5. The zero-order valence-electron chi connectivity index (χ0n) is 17.5. The average Bonchev–Trinajstić information content (AvgIpc) is 3.60. The third-order valence-electron chi connectivity index (χ3n) is 5.25. The Morgan fingerprint density at radius 3 is 2.45 bits per heavy atom. The molecule has 0 atom stereocenters. The molecule has 0 saturated heterocycles. The van der Waals surface area contributed by atoms with Gasteiger partial charge in [-0.05, 0) is 79.3 Å². The lowest BCUT2D eigenvalue weighted by molar-refractivity contribution is -0.138. The van der Waals surface area contributed by atoms with E-state index in [1.807, 2.05) is 0 Å². The SMILES string of the molecule is Cc1cc(F)ccc1Oc1cc(C2CC2)c(C(F)(F)F)cc1C(=O)Nc1ccc(NN)nc1. The quantitative estimate of drug-likeness (QED) is 0.247. The van der Waals surface area contributed by atoms with E-state index in [2.05, 4.69) is 15.7 Å². The lowest BCUT2D eigenvalue weighted by atomic mass is 9.98. The van der Waals surface area contributed by atoms with Crippen LogP contribution in [-0.2, 0) is 6.18 Å². The van der Waals surface area contributed by atoms with E-state index in [-0.39, 0.29) is 34.2 Å². The molecule has 1 aliphatic rings. The van der Waals surface area contributed by atoms with E-state index in [9.17, 15) is 22.4 Å². The molecule has 1 amide bonds. The number of nitrogens with zero attached hydrogens (tertiary/aromatic N) is 1. The number of amides is 1. The predicted molar refractivity (Wildman–Crippen MR) is 115 cm³/mol. The zero-order chi connectivity index (χ0) is 23.8. The Hall–Kier alpha value is -3.66. The fourth-order valence-corrected chi connectivity index (χ4v) is 3.43. The number of ether oxygens (including phenoxy) is 1. The highest BCUT2D eigenvalue weighted by molar-refractivity contribution is 6.06. The van der Waals surface area contributed by atoms with Crippen molar-refractivity contribution in [2.45, 2.75) is 31.9 Å². The molecular formula is C23H20F4N4O2. The lowest BCUT2D eigenvalue weighted by Gasteiger charge is -2.19. The number of carbonyl (C=O) groups excluding carboxylic acids is 1. The first-order valence-corrected chi connectivity index (χ1v) is 10.1. The van der Waals surface area contributed by atoms with Gasteiger partial charge < -0.3 is 15.5 Å². The van der Waals surface area contributed by atoms with Gasteiger partial charge in [0.15, 0.2) is 0 Å². The van der Waals surface area contributed by atoms with Gasteiger partial charge in [-0.3, -0.25) is 4.79 Å². The molecular weight excluding hydrogens is 440 g/mol. The standard InChI is InChI=1S/C23H20F4N4O2/c1-12-8-14(24)4-6-19(12)33-20-10-16(13-2-3-13)18(23(25,26)27)9-17(20)22(32)30-15-5-7-21(31-28)29-11-15/h4-11,13H,2-3,28H2,1H3,(H,29,31)(H,30,32). The number of hydrazine groups is 1. The van der Waals surface area contributed by atoms with Gasteiger partial charge >= 0.3 is 6.18 Å². The molecule has 2 aromatic carbocycles. The van der Waals surface area contributed by atoms with Crippen molar-refractivity contribution >= 4 is 17.4 Å². The Morgan fingerprint density at radius 2 is 1.88 bits per heavy atom. The van der Waals surface area contributed by atoms with E-state index < -0.39 is 23.5 Å². The van der Waals surface area contributed by atoms with Crippen molar-refractivity contribution in [1.82, 2.24) is 4.98 Å². The van der Waals surface area contributed by atoms with Crippen molar-refractivity contribution < 1.29 is 27.1 Å². The second kappa shape index (κ2) is 8.70. The fourth-order valence-electron chi connectivity index (χ4n) is 3.43. The number of rotatable bonds is 6. The second-order valence-corrected chi connectivity index (χ2v) is 7.75. The summed E-state index contributed by atoms with van der Waals surface area (Å²) in [6.45, 7) is 1.60. The number of nitrogens with one attached hydrogen (secondary N) is 2. The summed E-state index contributed by atoms with van der Waals surface area (Å²) >= 11 is 0. The number of nitrogens with two attached hydrogens (primary N) is 1. The molecule has 4 rings (SSSR count). The van der Waals surface area contributed by atoms with Crippen LogP contribution in [0.1, 0.15) is 45.8 Å². The number of alkyl halides is 3. The molecule has 1 fully saturated rings. The van der Waals surface area contributed by atoms with Gasteiger partial charge in [0.1, 0.15) is 23.1 Å². The number of nitrogen functional groups attached to an aromatic ring is 1. The van der Waals surface area contributed by atoms with E-state index in [1.165, 1.54) is 42.6 Å². The molecule has 0 aliphatic heterocycles. The minimum absolute atomic E-state index is 0.0506. The molecule has 0 spiro atoms. The Morgan fingerprint density at radius 1 is 1.12 bits per heavy atom. The highest BCUT2D eigenvalue weighted by atomic mass is 19.4. The number of aryl methyl sites for hydroxylation is 1. The van der Waals surface area contributed by atoms with Crippen molar-refractivity contribution in [3.8, 4) is 11.5 Å². The molecule has 0 bridgehead atoms. The first-order valence-electron chi connectivity index (χ1n) is 10.1. The normalized spacial score (nSPS) is 13.5. The molecule has 0 radical (unpaired) electrons. The molecule has 1 heterocycles. The molecule has 0 unspecified atom stereocenters. The van der Waals surface area contributed by atoms with Gasteiger partial charge in [0.25, 0.3) is 5.91 Å². The van der Waals surface area contributed by atoms with Gasteiger partial charge in [0.2, 0.25) is 0 Å². The van der Waals surface area contributed by atoms with Crippen molar-refractivity contribution in [2.24, 2.45) is 5.84 Å². The van der Waals surface area contributed by atoms with Crippen LogP contribution in [0.15, 0.2) is 48.7 Å². The summed E-state index contributed by atoms with van der Waals surface area (Å²) < 4.78 is 60.8. The molecule has 3 aromatic rings. The number of hydrogen-bond donors (Lipinski definition) is 3. The van der Waals surface area contributed by atoms with E-state index in [0.717, 1.165) is 6.07 Å². The minimum Gasteiger partial charge on any atom is -0.456 e. The molecule has 6 nitrogen and oxygen atoms in total. The van der Waals surface area contributed by atoms with Crippen LogP contribution < -0.4 is 21.3 Å². The summed E-state index contributed by atoms with van der Waals surface area (Å²) in [6.07, 6.45) is -2.10. The lowest BCUT2D eigenvalue weighted by Crippen LogP contribution is -2.17. The van der Waals surface area contributed by atoms with Gasteiger partial charge in [0, 0.05) is 0 Å². The van der Waals surface area contributed by atoms with E-state index in [1.54, 1.807) is 6.92 Å². The Labute approximate surface area is 186 Å². The second-order valence-electron chi connectivity index (χ2n) is 7.75. The van der Waals surface area contributed by atoms with Crippen molar-refractivity contribution in [2.75, 3.05) is 10.7 Å². The van der Waals surface area contributed by atoms with Crippen LogP contribution >= 0.6 is 0 Å². The number of benzene rings is 2. The molecule has 10 heteroatoms. The Balaban J connectivity index is 1.77. The maximum atomic E-state index is 13.8. The Kier molecular flexibility index (Phi) is 5.94. The summed E-state index contributed by atoms with van der Waals surface area (Å²) in [5.41, 5.74) is 1.92. The highest BCUT2D eigenvalue weighted by Crippen LogP contribution is 2.48. The first kappa shape index (κ1) is 22.5. The number of anilines is 2. The Bertz CT molecular complexity index is 1190. The van der Waals surface area contributed by atoms with Crippen LogP contribution in [0.2, 0.25) is 0 Å². The summed E-state index contributed by atoms with van der Waals surface area (Å²) in [4.78, 5) is 17.0. The molecule has 1 aromatic heterocycles. The largest absolute Gasteiger partial charge is 0.456 e. The average molecular weight is 460 g/mol. The number of hydrogen-bond acceptors (Lipinski definition) is 5.